The van der Waals surface area contributed by atoms with Crippen LogP contribution >= 0.6 is 0 Å². The van der Waals surface area contributed by atoms with Crippen LogP contribution in [0.4, 0.5) is 0 Å². The summed E-state index contributed by atoms with van der Waals surface area (Å²) in [5, 5.41) is 0. The van der Waals surface area contributed by atoms with Crippen molar-refractivity contribution in [2.75, 3.05) is 14.2 Å². The maximum Gasteiger partial charge on any atom is 0.376 e. The summed E-state index contributed by atoms with van der Waals surface area (Å²) in [5.41, 5.74) is 0.340. The molecule has 0 bridgehead atoms. The van der Waals surface area contributed by atoms with E-state index in [0.29, 0.717) is 11.3 Å². The monoisotopic (exact) mass is 182 g/mol. The lowest BCUT2D eigenvalue weighted by molar-refractivity contribution is -0.216. The molecule has 4 heteroatoms. The molecule has 0 aromatic heterocycles. The smallest absolute Gasteiger partial charge is 0.376 e. The molecule has 0 aliphatic heterocycles. The van der Waals surface area contributed by atoms with Gasteiger partial charge >= 0.3 is 5.97 Å². The topological polar surface area (TPSA) is 44.8 Å². The summed E-state index contributed by atoms with van der Waals surface area (Å²) in [6, 6.07) is 6.75. The van der Waals surface area contributed by atoms with Crippen LogP contribution in [-0.4, -0.2) is 20.2 Å². The van der Waals surface area contributed by atoms with Crippen LogP contribution in [0, 0.1) is 0 Å². The third-order valence-corrected chi connectivity index (χ3v) is 1.49. The van der Waals surface area contributed by atoms with Crippen LogP contribution in [0.25, 0.3) is 0 Å². The minimum Gasteiger partial charge on any atom is -0.496 e. The molecular weight excluding hydrogens is 172 g/mol. The number of rotatable bonds is 3. The maximum absolute atomic E-state index is 11.2. The van der Waals surface area contributed by atoms with Gasteiger partial charge in [0.15, 0.2) is 0 Å². The molecule has 0 spiro atoms. The van der Waals surface area contributed by atoms with Crippen molar-refractivity contribution < 1.29 is 19.3 Å². The van der Waals surface area contributed by atoms with Gasteiger partial charge in [0.1, 0.15) is 11.3 Å². The fraction of sp³-hybridized carbons (Fsp3) is 0.222. The van der Waals surface area contributed by atoms with Gasteiger partial charge < -0.3 is 4.74 Å². The van der Waals surface area contributed by atoms with Gasteiger partial charge in [0.05, 0.1) is 14.2 Å². The van der Waals surface area contributed by atoms with Crippen molar-refractivity contribution in [3.8, 4) is 5.75 Å². The molecule has 0 heterocycles. The molecule has 0 aliphatic rings. The molecule has 1 aromatic carbocycles. The molecule has 0 radical (unpaired) electrons. The summed E-state index contributed by atoms with van der Waals surface area (Å²) >= 11 is 0. The summed E-state index contributed by atoms with van der Waals surface area (Å²) in [4.78, 5) is 19.8. The minimum atomic E-state index is -0.569. The molecule has 0 saturated carbocycles. The van der Waals surface area contributed by atoms with Gasteiger partial charge in [0.2, 0.25) is 0 Å². The van der Waals surface area contributed by atoms with Crippen molar-refractivity contribution in [1.82, 2.24) is 0 Å². The second-order valence-electron chi connectivity index (χ2n) is 2.24. The number of hydrogen-bond acceptors (Lipinski definition) is 4. The Kier molecular flexibility index (Phi) is 3.28. The Balaban J connectivity index is 2.92. The summed E-state index contributed by atoms with van der Waals surface area (Å²) < 4.78 is 4.96. The van der Waals surface area contributed by atoms with E-state index in [-0.39, 0.29) is 0 Å². The van der Waals surface area contributed by atoms with Crippen LogP contribution in [0.1, 0.15) is 10.4 Å². The zero-order valence-electron chi connectivity index (χ0n) is 7.44. The second-order valence-corrected chi connectivity index (χ2v) is 2.24. The average Bonchev–Trinajstić information content (AvgIpc) is 2.18. The number of hydrogen-bond donors (Lipinski definition) is 0. The van der Waals surface area contributed by atoms with Crippen molar-refractivity contribution in [3.05, 3.63) is 29.8 Å². The third kappa shape index (κ3) is 2.19. The predicted octanol–water partition coefficient (Wildman–Crippen LogP) is 1.41. The second kappa shape index (κ2) is 4.47. The van der Waals surface area contributed by atoms with E-state index in [9.17, 15) is 4.79 Å². The van der Waals surface area contributed by atoms with E-state index in [0.717, 1.165) is 0 Å². The minimum absolute atomic E-state index is 0.340. The van der Waals surface area contributed by atoms with Gasteiger partial charge in [0, 0.05) is 0 Å². The lowest BCUT2D eigenvalue weighted by Crippen LogP contribution is -2.05. The van der Waals surface area contributed by atoms with Crippen LogP contribution in [0.5, 0.6) is 5.75 Å². The molecule has 0 unspecified atom stereocenters. The normalized spacial score (nSPS) is 9.38. The molecule has 0 saturated heterocycles. The first kappa shape index (κ1) is 9.54. The van der Waals surface area contributed by atoms with Gasteiger partial charge in [-0.15, -0.1) is 0 Å². The molecule has 70 valence electrons. The first-order chi connectivity index (χ1) is 6.29. The van der Waals surface area contributed by atoms with Crippen LogP contribution in [0.15, 0.2) is 24.3 Å². The Morgan fingerprint density at radius 3 is 2.54 bits per heavy atom. The van der Waals surface area contributed by atoms with Gasteiger partial charge in [-0.1, -0.05) is 12.1 Å². The number of para-hydroxylation sites is 1. The Morgan fingerprint density at radius 2 is 1.92 bits per heavy atom. The zero-order chi connectivity index (χ0) is 9.68. The molecule has 0 aliphatic carbocycles. The van der Waals surface area contributed by atoms with E-state index in [1.807, 2.05) is 0 Å². The van der Waals surface area contributed by atoms with Crippen LogP contribution in [-0.2, 0) is 9.78 Å². The van der Waals surface area contributed by atoms with Crippen molar-refractivity contribution in [2.45, 2.75) is 0 Å². The molecule has 1 rings (SSSR count). The maximum atomic E-state index is 11.2. The quantitative estimate of drug-likeness (QED) is 0.523. The Hall–Kier alpha value is -1.55. The first-order valence-electron chi connectivity index (χ1n) is 3.67. The predicted molar refractivity (Wildman–Crippen MR) is 45.4 cm³/mol. The highest BCUT2D eigenvalue weighted by molar-refractivity contribution is 5.92. The fourth-order valence-corrected chi connectivity index (χ4v) is 0.934. The van der Waals surface area contributed by atoms with Gasteiger partial charge in [-0.2, -0.15) is 4.89 Å². The van der Waals surface area contributed by atoms with E-state index in [1.165, 1.54) is 14.2 Å². The van der Waals surface area contributed by atoms with Crippen LogP contribution < -0.4 is 4.74 Å². The summed E-state index contributed by atoms with van der Waals surface area (Å²) in [5.74, 6) is -0.107. The van der Waals surface area contributed by atoms with Crippen LogP contribution in [0.3, 0.4) is 0 Å². The molecule has 0 atom stereocenters. The molecule has 0 fully saturated rings. The molecular formula is C9H10O4. The van der Waals surface area contributed by atoms with Gasteiger partial charge in [-0.25, -0.2) is 4.79 Å². The lowest BCUT2D eigenvalue weighted by atomic mass is 10.2. The lowest BCUT2D eigenvalue weighted by Gasteiger charge is -2.05. The molecule has 0 N–H and O–H groups in total. The summed E-state index contributed by atoms with van der Waals surface area (Å²) in [6.07, 6.45) is 0. The number of ether oxygens (including phenoxy) is 1. The third-order valence-electron chi connectivity index (χ3n) is 1.49. The van der Waals surface area contributed by atoms with Crippen LogP contribution in [0.2, 0.25) is 0 Å². The molecule has 0 amide bonds. The van der Waals surface area contributed by atoms with E-state index in [2.05, 4.69) is 9.78 Å². The highest BCUT2D eigenvalue weighted by Crippen LogP contribution is 2.17. The average molecular weight is 182 g/mol. The Morgan fingerprint density at radius 1 is 1.23 bits per heavy atom. The largest absolute Gasteiger partial charge is 0.496 e. The summed E-state index contributed by atoms with van der Waals surface area (Å²) in [7, 11) is 2.76. The van der Waals surface area contributed by atoms with E-state index < -0.39 is 5.97 Å². The molecule has 13 heavy (non-hydrogen) atoms. The van der Waals surface area contributed by atoms with Crippen molar-refractivity contribution in [2.24, 2.45) is 0 Å². The Labute approximate surface area is 76.0 Å². The first-order valence-corrected chi connectivity index (χ1v) is 3.67. The van der Waals surface area contributed by atoms with Gasteiger partial charge in [-0.05, 0) is 12.1 Å². The highest BCUT2D eigenvalue weighted by atomic mass is 17.2. The SMILES string of the molecule is COOC(=O)c1ccccc1OC. The molecule has 1 aromatic rings. The van der Waals surface area contributed by atoms with E-state index >= 15 is 0 Å². The molecule has 4 nitrogen and oxygen atoms in total. The van der Waals surface area contributed by atoms with Gasteiger partial charge in [-0.3, -0.25) is 4.89 Å². The Bertz CT molecular complexity index is 295. The summed E-state index contributed by atoms with van der Waals surface area (Å²) in [6.45, 7) is 0. The number of carbonyl (C=O) groups excluding carboxylic acids is 1. The standard InChI is InChI=1S/C9H10O4/c1-11-8-6-4-3-5-7(8)9(10)13-12-2/h3-6H,1-2H3. The van der Waals surface area contributed by atoms with Crippen molar-refractivity contribution >= 4 is 5.97 Å². The van der Waals surface area contributed by atoms with Gasteiger partial charge in [0.25, 0.3) is 0 Å². The van der Waals surface area contributed by atoms with E-state index in [4.69, 9.17) is 4.74 Å². The van der Waals surface area contributed by atoms with Crippen molar-refractivity contribution in [1.29, 1.82) is 0 Å². The highest BCUT2D eigenvalue weighted by Gasteiger charge is 2.12. The number of benzene rings is 1. The fourth-order valence-electron chi connectivity index (χ4n) is 0.934. The number of carbonyl (C=O) groups is 1. The van der Waals surface area contributed by atoms with E-state index in [1.54, 1.807) is 24.3 Å². The zero-order valence-corrected chi connectivity index (χ0v) is 7.44. The van der Waals surface area contributed by atoms with Crippen molar-refractivity contribution in [3.63, 3.8) is 0 Å². The number of methoxy groups -OCH3 is 1.